The molecule has 128 valence electrons. The summed E-state index contributed by atoms with van der Waals surface area (Å²) in [5.41, 5.74) is 0. The summed E-state index contributed by atoms with van der Waals surface area (Å²) in [6.45, 7) is 1.26. The molecule has 1 aromatic heterocycles. The molecule has 1 fully saturated rings. The molecule has 0 unspecified atom stereocenters. The molecule has 1 saturated heterocycles. The van der Waals surface area contributed by atoms with Crippen LogP contribution in [-0.2, 0) is 10.0 Å². The van der Waals surface area contributed by atoms with E-state index in [9.17, 15) is 8.42 Å². The van der Waals surface area contributed by atoms with E-state index in [0.717, 1.165) is 6.42 Å². The number of hydrogen-bond donors (Lipinski definition) is 0. The predicted molar refractivity (Wildman–Crippen MR) is 90.6 cm³/mol. The van der Waals surface area contributed by atoms with E-state index >= 15 is 0 Å². The van der Waals surface area contributed by atoms with Gasteiger partial charge in [-0.05, 0) is 18.6 Å². The second-order valence-electron chi connectivity index (χ2n) is 5.61. The maximum Gasteiger partial charge on any atom is 0.257 e. The van der Waals surface area contributed by atoms with Crippen LogP contribution in [0.15, 0.2) is 47.6 Å². The average Bonchev–Trinajstić information content (AvgIpc) is 3.11. The summed E-state index contributed by atoms with van der Waals surface area (Å²) in [4.78, 5) is 10.8. The van der Waals surface area contributed by atoms with Crippen LogP contribution in [0.4, 0.5) is 5.82 Å². The number of nitrogens with zero attached hydrogens (tertiary/aromatic N) is 4. The van der Waals surface area contributed by atoms with Crippen molar-refractivity contribution < 1.29 is 13.2 Å². The molecule has 8 heteroatoms. The van der Waals surface area contributed by atoms with Crippen molar-refractivity contribution in [2.75, 3.05) is 32.1 Å². The fourth-order valence-corrected chi connectivity index (χ4v) is 4.26. The van der Waals surface area contributed by atoms with Crippen LogP contribution < -0.4 is 9.64 Å². The first-order valence-corrected chi connectivity index (χ1v) is 9.11. The van der Waals surface area contributed by atoms with Gasteiger partial charge in [0, 0.05) is 38.6 Å². The van der Waals surface area contributed by atoms with Crippen molar-refractivity contribution in [3.63, 3.8) is 0 Å². The fraction of sp³-hybridized carbons (Fsp3) is 0.375. The number of methoxy groups -OCH3 is 1. The summed E-state index contributed by atoms with van der Waals surface area (Å²) in [5, 5.41) is 0. The lowest BCUT2D eigenvalue weighted by molar-refractivity contribution is 0.387. The number of aromatic nitrogens is 2. The van der Waals surface area contributed by atoms with E-state index in [0.29, 0.717) is 29.7 Å². The standard InChI is InChI=1S/C16H20N4O3S/c1-19(24(21,22)14-6-4-3-5-7-14)13-8-11-20(12-13)15-16(23-2)18-10-9-17-15/h3-7,9-10,13H,8,11-12H2,1-2H3/t13-/m0/s1. The van der Waals surface area contributed by atoms with Crippen molar-refractivity contribution in [1.82, 2.24) is 14.3 Å². The van der Waals surface area contributed by atoms with Gasteiger partial charge < -0.3 is 9.64 Å². The molecule has 0 bridgehead atoms. The molecule has 7 nitrogen and oxygen atoms in total. The molecule has 0 spiro atoms. The van der Waals surface area contributed by atoms with Gasteiger partial charge in [0.15, 0.2) is 5.82 Å². The van der Waals surface area contributed by atoms with Gasteiger partial charge in [-0.3, -0.25) is 0 Å². The lowest BCUT2D eigenvalue weighted by Crippen LogP contribution is -2.39. The summed E-state index contributed by atoms with van der Waals surface area (Å²) in [6, 6.07) is 8.37. The number of sulfonamides is 1. The van der Waals surface area contributed by atoms with E-state index in [4.69, 9.17) is 4.74 Å². The first kappa shape index (κ1) is 16.7. The normalized spacial score (nSPS) is 18.1. The molecule has 1 atom stereocenters. The number of anilines is 1. The van der Waals surface area contributed by atoms with E-state index < -0.39 is 10.0 Å². The number of likely N-dealkylation sites (N-methyl/N-ethyl adjacent to an activating group) is 1. The molecule has 1 aliphatic heterocycles. The molecule has 3 rings (SSSR count). The topological polar surface area (TPSA) is 75.6 Å². The maximum atomic E-state index is 12.7. The van der Waals surface area contributed by atoms with Crippen molar-refractivity contribution in [2.24, 2.45) is 0 Å². The van der Waals surface area contributed by atoms with Gasteiger partial charge in [0.1, 0.15) is 0 Å². The Morgan fingerprint density at radius 3 is 2.62 bits per heavy atom. The van der Waals surface area contributed by atoms with E-state index in [2.05, 4.69) is 9.97 Å². The quantitative estimate of drug-likeness (QED) is 0.813. The zero-order chi connectivity index (χ0) is 17.2. The van der Waals surface area contributed by atoms with E-state index in [-0.39, 0.29) is 6.04 Å². The highest BCUT2D eigenvalue weighted by atomic mass is 32.2. The summed E-state index contributed by atoms with van der Waals surface area (Å²) >= 11 is 0. The summed E-state index contributed by atoms with van der Waals surface area (Å²) in [7, 11) is -0.326. The number of rotatable bonds is 5. The Kier molecular flexibility index (Phi) is 4.68. The zero-order valence-electron chi connectivity index (χ0n) is 13.7. The Hall–Kier alpha value is -2.19. The van der Waals surface area contributed by atoms with Crippen molar-refractivity contribution in [1.29, 1.82) is 0 Å². The van der Waals surface area contributed by atoms with Gasteiger partial charge in [-0.1, -0.05) is 18.2 Å². The molecule has 0 aliphatic carbocycles. The molecule has 24 heavy (non-hydrogen) atoms. The molecular formula is C16H20N4O3S. The van der Waals surface area contributed by atoms with Crippen LogP contribution in [0.5, 0.6) is 5.88 Å². The third-order valence-electron chi connectivity index (χ3n) is 4.24. The molecule has 1 aliphatic rings. The highest BCUT2D eigenvalue weighted by Crippen LogP contribution is 2.29. The SMILES string of the molecule is COc1nccnc1N1CC[C@H](N(C)S(=O)(=O)c2ccccc2)C1. The third kappa shape index (κ3) is 3.07. The van der Waals surface area contributed by atoms with Crippen molar-refractivity contribution >= 4 is 15.8 Å². The molecule has 0 radical (unpaired) electrons. The first-order chi connectivity index (χ1) is 11.5. The minimum atomic E-state index is -3.50. The minimum Gasteiger partial charge on any atom is -0.478 e. The molecule has 0 N–H and O–H groups in total. The lowest BCUT2D eigenvalue weighted by atomic mass is 10.3. The van der Waals surface area contributed by atoms with Gasteiger partial charge in [0.25, 0.3) is 5.88 Å². The van der Waals surface area contributed by atoms with Crippen molar-refractivity contribution in [2.45, 2.75) is 17.4 Å². The molecule has 2 heterocycles. The monoisotopic (exact) mass is 348 g/mol. The Labute approximate surface area is 142 Å². The van der Waals surface area contributed by atoms with Gasteiger partial charge in [-0.2, -0.15) is 4.31 Å². The number of ether oxygens (including phenoxy) is 1. The van der Waals surface area contributed by atoms with Crippen LogP contribution in [0.3, 0.4) is 0 Å². The van der Waals surface area contributed by atoms with Crippen LogP contribution in [-0.4, -0.2) is 56.0 Å². The Morgan fingerprint density at radius 1 is 1.21 bits per heavy atom. The molecule has 1 aromatic carbocycles. The smallest absolute Gasteiger partial charge is 0.257 e. The molecule has 2 aromatic rings. The lowest BCUT2D eigenvalue weighted by Gasteiger charge is -2.24. The van der Waals surface area contributed by atoms with E-state index in [1.165, 1.54) is 4.31 Å². The Bertz CT molecular complexity index is 798. The van der Waals surface area contributed by atoms with Crippen LogP contribution in [0.1, 0.15) is 6.42 Å². The van der Waals surface area contributed by atoms with Gasteiger partial charge in [0.05, 0.1) is 12.0 Å². The molecule has 0 saturated carbocycles. The largest absolute Gasteiger partial charge is 0.478 e. The van der Waals surface area contributed by atoms with Gasteiger partial charge in [0.2, 0.25) is 10.0 Å². The highest BCUT2D eigenvalue weighted by molar-refractivity contribution is 7.89. The van der Waals surface area contributed by atoms with Gasteiger partial charge in [-0.25, -0.2) is 18.4 Å². The highest BCUT2D eigenvalue weighted by Gasteiger charge is 2.34. The maximum absolute atomic E-state index is 12.7. The van der Waals surface area contributed by atoms with Crippen molar-refractivity contribution in [3.05, 3.63) is 42.7 Å². The third-order valence-corrected chi connectivity index (χ3v) is 6.16. The summed E-state index contributed by atoms with van der Waals surface area (Å²) in [6.07, 6.45) is 3.90. The Balaban J connectivity index is 1.78. The van der Waals surface area contributed by atoms with Crippen molar-refractivity contribution in [3.8, 4) is 5.88 Å². The van der Waals surface area contributed by atoms with Crippen LogP contribution in [0, 0.1) is 0 Å². The van der Waals surface area contributed by atoms with Crippen LogP contribution in [0.25, 0.3) is 0 Å². The minimum absolute atomic E-state index is 0.123. The second-order valence-corrected chi connectivity index (χ2v) is 7.61. The Morgan fingerprint density at radius 2 is 1.92 bits per heavy atom. The summed E-state index contributed by atoms with van der Waals surface area (Å²) in [5.74, 6) is 1.10. The van der Waals surface area contributed by atoms with Gasteiger partial charge >= 0.3 is 0 Å². The van der Waals surface area contributed by atoms with Crippen LogP contribution >= 0.6 is 0 Å². The average molecular weight is 348 g/mol. The predicted octanol–water partition coefficient (Wildman–Crippen LogP) is 1.38. The van der Waals surface area contributed by atoms with Crippen LogP contribution in [0.2, 0.25) is 0 Å². The first-order valence-electron chi connectivity index (χ1n) is 7.67. The zero-order valence-corrected chi connectivity index (χ0v) is 14.5. The number of benzene rings is 1. The van der Waals surface area contributed by atoms with E-state index in [1.54, 1.807) is 56.9 Å². The second kappa shape index (κ2) is 6.74. The fourth-order valence-electron chi connectivity index (χ4n) is 2.86. The molecular weight excluding hydrogens is 328 g/mol. The number of hydrogen-bond acceptors (Lipinski definition) is 6. The molecule has 0 amide bonds. The summed E-state index contributed by atoms with van der Waals surface area (Å²) < 4.78 is 32.2. The van der Waals surface area contributed by atoms with Gasteiger partial charge in [-0.15, -0.1) is 0 Å². The van der Waals surface area contributed by atoms with E-state index in [1.807, 2.05) is 4.90 Å².